The first kappa shape index (κ1) is 16.9. The van der Waals surface area contributed by atoms with E-state index in [0.717, 1.165) is 34.3 Å². The first-order valence-corrected chi connectivity index (χ1v) is 8.86. The van der Waals surface area contributed by atoms with E-state index in [1.54, 1.807) is 0 Å². The number of aryl methyl sites for hydroxylation is 2. The molecule has 0 spiro atoms. The number of ether oxygens (including phenoxy) is 1. The number of aromatic nitrogens is 1. The van der Waals surface area contributed by atoms with Crippen LogP contribution < -0.4 is 14.6 Å². The summed E-state index contributed by atoms with van der Waals surface area (Å²) in [6, 6.07) is 14.0. The summed E-state index contributed by atoms with van der Waals surface area (Å²) in [6.45, 7) is 2.09. The molecule has 2 heterocycles. The third kappa shape index (κ3) is 3.55. The Bertz CT molecular complexity index is 1070. The fourth-order valence-corrected chi connectivity index (χ4v) is 3.07. The van der Waals surface area contributed by atoms with Crippen molar-refractivity contribution >= 4 is 22.9 Å². The van der Waals surface area contributed by atoms with E-state index in [0.29, 0.717) is 0 Å². The maximum Gasteiger partial charge on any atom is 0.373 e. The normalized spacial score (nSPS) is 15.3. The Morgan fingerprint density at radius 2 is 1.74 bits per heavy atom. The second-order valence-corrected chi connectivity index (χ2v) is 6.30. The van der Waals surface area contributed by atoms with Gasteiger partial charge in [-0.3, -0.25) is 0 Å². The van der Waals surface area contributed by atoms with Crippen LogP contribution in [-0.4, -0.2) is 0 Å². The molecule has 3 aromatic rings. The molecule has 0 saturated heterocycles. The lowest BCUT2D eigenvalue weighted by molar-refractivity contribution is -0.652. The number of anilines is 1. The van der Waals surface area contributed by atoms with E-state index < -0.39 is 0 Å². The van der Waals surface area contributed by atoms with Crippen LogP contribution in [0.25, 0.3) is 17.2 Å². The minimum absolute atomic E-state index is 0.723. The number of allylic oxidation sites excluding steroid dienone is 6. The quantitative estimate of drug-likeness (QED) is 0.525. The fourth-order valence-electron chi connectivity index (χ4n) is 3.07. The Hall–Kier alpha value is -3.53. The highest BCUT2D eigenvalue weighted by molar-refractivity contribution is 5.73. The van der Waals surface area contributed by atoms with Crippen molar-refractivity contribution in [2.75, 3.05) is 5.32 Å². The minimum atomic E-state index is 0.723. The van der Waals surface area contributed by atoms with Crippen molar-refractivity contribution in [1.29, 1.82) is 0 Å². The van der Waals surface area contributed by atoms with Crippen LogP contribution in [0.3, 0.4) is 0 Å². The number of rotatable bonds is 4. The molecule has 27 heavy (non-hydrogen) atoms. The molecule has 0 amide bonds. The minimum Gasteiger partial charge on any atom is -0.439 e. The van der Waals surface area contributed by atoms with Gasteiger partial charge in [0.25, 0.3) is 5.52 Å². The summed E-state index contributed by atoms with van der Waals surface area (Å²) in [7, 11) is 2.01. The number of nitrogens with zero attached hydrogens (tertiary/aromatic N) is 1. The van der Waals surface area contributed by atoms with Gasteiger partial charge in [-0.25, -0.2) is 0 Å². The van der Waals surface area contributed by atoms with E-state index in [1.165, 1.54) is 5.56 Å². The Labute approximate surface area is 158 Å². The summed E-state index contributed by atoms with van der Waals surface area (Å²) in [5.74, 6) is 2.39. The molecule has 0 radical (unpaired) electrons. The van der Waals surface area contributed by atoms with Crippen LogP contribution in [0.2, 0.25) is 0 Å². The molecule has 1 aliphatic heterocycles. The van der Waals surface area contributed by atoms with Crippen LogP contribution in [0.1, 0.15) is 11.5 Å². The van der Waals surface area contributed by atoms with Gasteiger partial charge in [-0.2, -0.15) is 4.57 Å². The predicted octanol–water partition coefficient (Wildman–Crippen LogP) is 5.04. The van der Waals surface area contributed by atoms with E-state index in [4.69, 9.17) is 9.15 Å². The highest BCUT2D eigenvalue weighted by Gasteiger charge is 2.17. The zero-order valence-corrected chi connectivity index (χ0v) is 15.3. The monoisotopic (exact) mass is 357 g/mol. The van der Waals surface area contributed by atoms with Gasteiger partial charge in [0.05, 0.1) is 11.8 Å². The van der Waals surface area contributed by atoms with Gasteiger partial charge in [-0.1, -0.05) is 54.6 Å². The predicted molar refractivity (Wildman–Crippen MR) is 108 cm³/mol. The molecule has 2 aromatic carbocycles. The average molecular weight is 357 g/mol. The Morgan fingerprint density at radius 3 is 2.59 bits per heavy atom. The fraction of sp³-hybridized carbons (Fsp3) is 0.0870. The SMILES string of the molecule is Cc1cccc2oc(C=CC=CC=CC=C3Nc4ccccc4O3)[n+](C)c12. The van der Waals surface area contributed by atoms with Gasteiger partial charge < -0.3 is 14.5 Å². The molecule has 4 heteroatoms. The number of fused-ring (bicyclic) bond motifs is 2. The number of hydrogen-bond acceptors (Lipinski definition) is 3. The standard InChI is InChI=1S/C23H20N2O2/c1-17-11-10-14-20-23(17)25(2)22(27-20)16-7-5-3-4-6-15-21-24-18-12-8-9-13-19(18)26-21/h3-16H,1-2H3/p+1. The molecule has 1 aromatic heterocycles. The molecule has 4 nitrogen and oxygen atoms in total. The second-order valence-electron chi connectivity index (χ2n) is 6.30. The summed E-state index contributed by atoms with van der Waals surface area (Å²) in [5, 5.41) is 3.22. The summed E-state index contributed by atoms with van der Waals surface area (Å²) in [4.78, 5) is 0. The van der Waals surface area contributed by atoms with Crippen LogP contribution in [0, 0.1) is 6.92 Å². The molecule has 0 unspecified atom stereocenters. The highest BCUT2D eigenvalue weighted by Crippen LogP contribution is 2.32. The number of hydrogen-bond donors (Lipinski definition) is 1. The van der Waals surface area contributed by atoms with Crippen LogP contribution in [0.5, 0.6) is 5.75 Å². The van der Waals surface area contributed by atoms with Crippen LogP contribution in [0.15, 0.2) is 89.2 Å². The van der Waals surface area contributed by atoms with Crippen molar-refractivity contribution in [3.63, 3.8) is 0 Å². The van der Waals surface area contributed by atoms with Crippen LogP contribution >= 0.6 is 0 Å². The van der Waals surface area contributed by atoms with E-state index in [1.807, 2.05) is 86.0 Å². The summed E-state index contributed by atoms with van der Waals surface area (Å²) < 4.78 is 13.7. The van der Waals surface area contributed by atoms with Gasteiger partial charge in [0.1, 0.15) is 7.05 Å². The Kier molecular flexibility index (Phi) is 4.62. The molecule has 0 fully saturated rings. The third-order valence-electron chi connectivity index (χ3n) is 4.38. The van der Waals surface area contributed by atoms with Crippen molar-refractivity contribution < 1.29 is 13.7 Å². The average Bonchev–Trinajstić information content (AvgIpc) is 3.22. The smallest absolute Gasteiger partial charge is 0.373 e. The summed E-state index contributed by atoms with van der Waals surface area (Å²) >= 11 is 0. The molecule has 0 atom stereocenters. The molecule has 1 aliphatic rings. The van der Waals surface area contributed by atoms with Crippen LogP contribution in [-0.2, 0) is 7.05 Å². The lowest BCUT2D eigenvalue weighted by Crippen LogP contribution is -2.29. The summed E-state index contributed by atoms with van der Waals surface area (Å²) in [5.41, 5.74) is 4.22. The topological polar surface area (TPSA) is 38.3 Å². The number of oxazole rings is 1. The summed E-state index contributed by atoms with van der Waals surface area (Å²) in [6.07, 6.45) is 13.6. The van der Waals surface area contributed by atoms with Crippen molar-refractivity contribution in [2.45, 2.75) is 6.92 Å². The molecule has 134 valence electrons. The second kappa shape index (κ2) is 7.38. The van der Waals surface area contributed by atoms with Crippen molar-refractivity contribution in [2.24, 2.45) is 7.05 Å². The Morgan fingerprint density at radius 1 is 0.926 bits per heavy atom. The molecule has 4 rings (SSSR count). The van der Waals surface area contributed by atoms with Crippen molar-refractivity contribution in [1.82, 2.24) is 0 Å². The maximum atomic E-state index is 5.90. The zero-order valence-electron chi connectivity index (χ0n) is 15.3. The van der Waals surface area contributed by atoms with E-state index in [-0.39, 0.29) is 0 Å². The van der Waals surface area contributed by atoms with E-state index >= 15 is 0 Å². The lowest BCUT2D eigenvalue weighted by Gasteiger charge is -1.94. The molecule has 1 N–H and O–H groups in total. The van der Waals surface area contributed by atoms with Crippen molar-refractivity contribution in [3.8, 4) is 5.75 Å². The third-order valence-corrected chi connectivity index (χ3v) is 4.38. The van der Waals surface area contributed by atoms with Gasteiger partial charge in [-0.05, 0) is 31.2 Å². The zero-order chi connectivity index (χ0) is 18.6. The van der Waals surface area contributed by atoms with Gasteiger partial charge in [0.15, 0.2) is 11.6 Å². The maximum absolute atomic E-state index is 5.90. The Balaban J connectivity index is 1.37. The van der Waals surface area contributed by atoms with Gasteiger partial charge in [0, 0.05) is 5.56 Å². The molecular formula is C23H21N2O2+. The first-order chi connectivity index (χ1) is 13.2. The largest absolute Gasteiger partial charge is 0.439 e. The van der Waals surface area contributed by atoms with Crippen LogP contribution in [0.4, 0.5) is 5.69 Å². The van der Waals surface area contributed by atoms with Gasteiger partial charge >= 0.3 is 5.89 Å². The number of para-hydroxylation sites is 3. The van der Waals surface area contributed by atoms with Crippen molar-refractivity contribution in [3.05, 3.63) is 96.3 Å². The molecule has 0 aliphatic carbocycles. The number of benzene rings is 2. The molecular weight excluding hydrogens is 336 g/mol. The van der Waals surface area contributed by atoms with Gasteiger partial charge in [-0.15, -0.1) is 0 Å². The first-order valence-electron chi connectivity index (χ1n) is 8.86. The molecule has 0 saturated carbocycles. The van der Waals surface area contributed by atoms with E-state index in [2.05, 4.69) is 22.9 Å². The number of nitrogens with one attached hydrogen (secondary N) is 1. The van der Waals surface area contributed by atoms with E-state index in [9.17, 15) is 0 Å². The van der Waals surface area contributed by atoms with Gasteiger partial charge in [0.2, 0.25) is 5.58 Å². The lowest BCUT2D eigenvalue weighted by atomic mass is 10.2. The highest BCUT2D eigenvalue weighted by atomic mass is 16.5. The molecule has 0 bridgehead atoms.